The Morgan fingerprint density at radius 3 is 2.20 bits per heavy atom. The van der Waals surface area contributed by atoms with Crippen LogP contribution in [0.25, 0.3) is 0 Å². The monoisotopic (exact) mass is 222 g/mol. The van der Waals surface area contributed by atoms with E-state index in [0.717, 1.165) is 6.92 Å². The van der Waals surface area contributed by atoms with Crippen LogP contribution in [0.4, 0.5) is 0 Å². The van der Waals surface area contributed by atoms with Crippen molar-refractivity contribution in [3.8, 4) is 0 Å². The molecule has 7 heteroatoms. The zero-order valence-electron chi connectivity index (χ0n) is 8.11. The van der Waals surface area contributed by atoms with E-state index in [4.69, 9.17) is 15.3 Å². The van der Waals surface area contributed by atoms with Crippen molar-refractivity contribution < 1.29 is 34.8 Å². The number of rotatable bonds is 6. The van der Waals surface area contributed by atoms with Crippen molar-refractivity contribution in [2.24, 2.45) is 0 Å². The summed E-state index contributed by atoms with van der Waals surface area (Å²) in [7, 11) is 0. The quantitative estimate of drug-likeness (QED) is 0.282. The Morgan fingerprint density at radius 2 is 1.80 bits per heavy atom. The molecule has 0 aliphatic heterocycles. The van der Waals surface area contributed by atoms with Crippen LogP contribution in [0.15, 0.2) is 0 Å². The first-order chi connectivity index (χ1) is 6.90. The first-order valence-corrected chi connectivity index (χ1v) is 4.21. The standard InChI is InChI=1S/C8H14O7/c1-4(10)15-3-6(12)8(14)7(13)5(11)2-9/h2,5-8,11-14H,3H2,1H3/t5-,6+,7-,8-/m1/s1. The summed E-state index contributed by atoms with van der Waals surface area (Å²) in [6.45, 7) is 0.578. The smallest absolute Gasteiger partial charge is 0.302 e. The minimum atomic E-state index is -1.83. The Morgan fingerprint density at radius 1 is 1.27 bits per heavy atom. The molecule has 4 N–H and O–H groups in total. The fourth-order valence-electron chi connectivity index (χ4n) is 0.811. The SMILES string of the molecule is CC(=O)OC[C@H](O)[C@@H](O)[C@H](O)[C@H](O)C=O. The number of carbonyl (C=O) groups excluding carboxylic acids is 2. The number of aldehydes is 1. The van der Waals surface area contributed by atoms with Crippen molar-refractivity contribution in [3.63, 3.8) is 0 Å². The molecule has 0 unspecified atom stereocenters. The third kappa shape index (κ3) is 4.84. The summed E-state index contributed by atoms with van der Waals surface area (Å²) in [6, 6.07) is 0. The molecule has 0 aliphatic rings. The van der Waals surface area contributed by atoms with E-state index >= 15 is 0 Å². The van der Waals surface area contributed by atoms with E-state index in [9.17, 15) is 14.7 Å². The van der Waals surface area contributed by atoms with Gasteiger partial charge in [-0.25, -0.2) is 0 Å². The third-order valence-corrected chi connectivity index (χ3v) is 1.69. The fourth-order valence-corrected chi connectivity index (χ4v) is 0.811. The van der Waals surface area contributed by atoms with E-state index in [0.29, 0.717) is 0 Å². The molecule has 0 aromatic carbocycles. The average molecular weight is 222 g/mol. The number of hydrogen-bond acceptors (Lipinski definition) is 7. The third-order valence-electron chi connectivity index (χ3n) is 1.69. The minimum Gasteiger partial charge on any atom is -0.463 e. The summed E-state index contributed by atoms with van der Waals surface area (Å²) in [5, 5.41) is 36.3. The van der Waals surface area contributed by atoms with Gasteiger partial charge in [0.15, 0.2) is 6.29 Å². The Bertz CT molecular complexity index is 217. The second-order valence-corrected chi connectivity index (χ2v) is 2.98. The molecule has 0 fully saturated rings. The van der Waals surface area contributed by atoms with Gasteiger partial charge in [-0.1, -0.05) is 0 Å². The van der Waals surface area contributed by atoms with Gasteiger partial charge >= 0.3 is 5.97 Å². The lowest BCUT2D eigenvalue weighted by Crippen LogP contribution is -2.46. The van der Waals surface area contributed by atoms with Crippen LogP contribution in [0.2, 0.25) is 0 Å². The molecule has 0 heterocycles. The highest BCUT2D eigenvalue weighted by atomic mass is 16.5. The van der Waals surface area contributed by atoms with Gasteiger partial charge in [0.05, 0.1) is 0 Å². The van der Waals surface area contributed by atoms with Crippen LogP contribution in [0.5, 0.6) is 0 Å². The lowest BCUT2D eigenvalue weighted by Gasteiger charge is -2.23. The molecule has 0 saturated carbocycles. The Hall–Kier alpha value is -1.02. The maximum Gasteiger partial charge on any atom is 0.302 e. The topological polar surface area (TPSA) is 124 Å². The number of esters is 1. The van der Waals surface area contributed by atoms with Crippen LogP contribution in [0.3, 0.4) is 0 Å². The second-order valence-electron chi connectivity index (χ2n) is 2.98. The lowest BCUT2D eigenvalue weighted by atomic mass is 10.0. The molecule has 15 heavy (non-hydrogen) atoms. The molecule has 88 valence electrons. The van der Waals surface area contributed by atoms with Crippen LogP contribution in [0.1, 0.15) is 6.92 Å². The minimum absolute atomic E-state index is 0.0203. The predicted molar refractivity (Wildman–Crippen MR) is 46.7 cm³/mol. The summed E-state index contributed by atoms with van der Waals surface area (Å²) in [4.78, 5) is 20.4. The predicted octanol–water partition coefficient (Wildman–Crippen LogP) is -2.81. The molecule has 0 bridgehead atoms. The lowest BCUT2D eigenvalue weighted by molar-refractivity contribution is -0.154. The summed E-state index contributed by atoms with van der Waals surface area (Å²) >= 11 is 0. The highest BCUT2D eigenvalue weighted by Gasteiger charge is 2.30. The van der Waals surface area contributed by atoms with E-state index in [1.54, 1.807) is 0 Å². The van der Waals surface area contributed by atoms with Crippen LogP contribution in [-0.4, -0.2) is 63.7 Å². The maximum absolute atomic E-state index is 10.3. The van der Waals surface area contributed by atoms with Gasteiger partial charge in [-0.15, -0.1) is 0 Å². The average Bonchev–Trinajstić information content (AvgIpc) is 2.22. The first-order valence-electron chi connectivity index (χ1n) is 4.21. The maximum atomic E-state index is 10.3. The van der Waals surface area contributed by atoms with Gasteiger partial charge in [0, 0.05) is 6.92 Å². The van der Waals surface area contributed by atoms with Crippen molar-refractivity contribution in [1.82, 2.24) is 0 Å². The number of aliphatic hydroxyl groups is 4. The van der Waals surface area contributed by atoms with Crippen molar-refractivity contribution in [1.29, 1.82) is 0 Å². The van der Waals surface area contributed by atoms with Gasteiger partial charge in [-0.2, -0.15) is 0 Å². The van der Waals surface area contributed by atoms with E-state index < -0.39 is 37.0 Å². The number of ether oxygens (including phenoxy) is 1. The Labute approximate surface area is 85.9 Å². The van der Waals surface area contributed by atoms with Crippen molar-refractivity contribution >= 4 is 12.3 Å². The van der Waals surface area contributed by atoms with Crippen LogP contribution < -0.4 is 0 Å². The first kappa shape index (κ1) is 14.0. The largest absolute Gasteiger partial charge is 0.463 e. The molecule has 0 aromatic heterocycles. The van der Waals surface area contributed by atoms with Gasteiger partial charge < -0.3 is 30.0 Å². The van der Waals surface area contributed by atoms with Gasteiger partial charge in [-0.3, -0.25) is 4.79 Å². The Balaban J connectivity index is 4.11. The molecule has 0 spiro atoms. The molecule has 0 radical (unpaired) electrons. The fraction of sp³-hybridized carbons (Fsp3) is 0.750. The molecular formula is C8H14O7. The van der Waals surface area contributed by atoms with Crippen molar-refractivity contribution in [2.45, 2.75) is 31.3 Å². The van der Waals surface area contributed by atoms with Gasteiger partial charge in [-0.05, 0) is 0 Å². The van der Waals surface area contributed by atoms with Crippen LogP contribution in [0, 0.1) is 0 Å². The van der Waals surface area contributed by atoms with E-state index in [1.807, 2.05) is 0 Å². The van der Waals surface area contributed by atoms with E-state index in [1.165, 1.54) is 0 Å². The van der Waals surface area contributed by atoms with E-state index in [-0.39, 0.29) is 6.29 Å². The molecule has 0 aliphatic carbocycles. The van der Waals surface area contributed by atoms with Crippen molar-refractivity contribution in [3.05, 3.63) is 0 Å². The van der Waals surface area contributed by atoms with Crippen LogP contribution in [-0.2, 0) is 14.3 Å². The zero-order valence-corrected chi connectivity index (χ0v) is 8.11. The van der Waals surface area contributed by atoms with Crippen LogP contribution >= 0.6 is 0 Å². The number of carbonyl (C=O) groups is 2. The highest BCUT2D eigenvalue weighted by Crippen LogP contribution is 2.04. The summed E-state index contributed by atoms with van der Waals surface area (Å²) in [5.41, 5.74) is 0. The summed E-state index contributed by atoms with van der Waals surface area (Å²) in [5.74, 6) is -0.660. The highest BCUT2D eigenvalue weighted by molar-refractivity contribution is 5.65. The Kier molecular flexibility index (Phi) is 6.02. The second kappa shape index (κ2) is 6.46. The van der Waals surface area contributed by atoms with E-state index in [2.05, 4.69) is 4.74 Å². The number of aliphatic hydroxyl groups excluding tert-OH is 4. The van der Waals surface area contributed by atoms with Gasteiger partial charge in [0.25, 0.3) is 0 Å². The number of hydrogen-bond donors (Lipinski definition) is 4. The molecular weight excluding hydrogens is 208 g/mol. The molecule has 7 nitrogen and oxygen atoms in total. The summed E-state index contributed by atoms with van der Waals surface area (Å²) < 4.78 is 4.36. The molecule has 0 aromatic rings. The molecule has 0 rings (SSSR count). The molecule has 0 amide bonds. The zero-order chi connectivity index (χ0) is 12.0. The summed E-state index contributed by atoms with van der Waals surface area (Å²) in [6.07, 6.45) is -6.95. The molecule has 0 saturated heterocycles. The molecule has 4 atom stereocenters. The van der Waals surface area contributed by atoms with Gasteiger partial charge in [0.2, 0.25) is 0 Å². The van der Waals surface area contributed by atoms with Gasteiger partial charge in [0.1, 0.15) is 31.0 Å². The normalized spacial score (nSPS) is 18.7. The van der Waals surface area contributed by atoms with Crippen molar-refractivity contribution in [2.75, 3.05) is 6.61 Å².